The van der Waals surface area contributed by atoms with E-state index in [1.54, 1.807) is 0 Å². The van der Waals surface area contributed by atoms with Gasteiger partial charge in [-0.05, 0) is 38.5 Å². The van der Waals surface area contributed by atoms with Gasteiger partial charge in [-0.3, -0.25) is 0 Å². The molecular formula is C14H25IN6. The Balaban J connectivity index is 0.00000161. The summed E-state index contributed by atoms with van der Waals surface area (Å²) in [5.41, 5.74) is 0. The molecule has 0 bridgehead atoms. The number of hydrogen-bond acceptors (Lipinski definition) is 3. The first-order valence-electron chi connectivity index (χ1n) is 7.62. The van der Waals surface area contributed by atoms with Gasteiger partial charge in [0.2, 0.25) is 0 Å². The predicted molar refractivity (Wildman–Crippen MR) is 93.8 cm³/mol. The van der Waals surface area contributed by atoms with Gasteiger partial charge in [0.1, 0.15) is 12.4 Å². The third-order valence-corrected chi connectivity index (χ3v) is 4.26. The van der Waals surface area contributed by atoms with E-state index in [1.165, 1.54) is 32.1 Å². The van der Waals surface area contributed by atoms with Crippen LogP contribution < -0.4 is 10.6 Å². The van der Waals surface area contributed by atoms with Gasteiger partial charge in [-0.2, -0.15) is 0 Å². The summed E-state index contributed by atoms with van der Waals surface area (Å²) in [4.78, 5) is 4.65. The standard InChI is InChI=1S/C14H24N6.HI/c1-10-18-19-13(20(10)2)9-16-14(17-12-6-7-12)15-8-11-4-3-5-11;/h11-12H,3-9H2,1-2H3,(H2,15,16,17);1H. The van der Waals surface area contributed by atoms with Gasteiger partial charge in [-0.1, -0.05) is 6.42 Å². The van der Waals surface area contributed by atoms with E-state index in [0.717, 1.165) is 30.1 Å². The third kappa shape index (κ3) is 4.55. The number of hydrogen-bond donors (Lipinski definition) is 2. The van der Waals surface area contributed by atoms with Crippen molar-refractivity contribution < 1.29 is 0 Å². The van der Waals surface area contributed by atoms with Crippen molar-refractivity contribution in [2.24, 2.45) is 18.0 Å². The molecule has 7 heteroatoms. The Morgan fingerprint density at radius 2 is 2.05 bits per heavy atom. The summed E-state index contributed by atoms with van der Waals surface area (Å²) in [6.45, 7) is 3.57. The average Bonchev–Trinajstić information content (AvgIpc) is 3.13. The van der Waals surface area contributed by atoms with Crippen LogP contribution in [0.5, 0.6) is 0 Å². The lowest BCUT2D eigenvalue weighted by Gasteiger charge is -2.26. The molecule has 0 saturated heterocycles. The van der Waals surface area contributed by atoms with E-state index >= 15 is 0 Å². The van der Waals surface area contributed by atoms with Gasteiger partial charge in [0, 0.05) is 19.6 Å². The average molecular weight is 404 g/mol. The Bertz CT molecular complexity index is 490. The Labute approximate surface area is 143 Å². The van der Waals surface area contributed by atoms with Crippen molar-refractivity contribution in [2.45, 2.75) is 51.6 Å². The first-order chi connectivity index (χ1) is 9.72. The van der Waals surface area contributed by atoms with Gasteiger partial charge >= 0.3 is 0 Å². The highest BCUT2D eigenvalue weighted by Crippen LogP contribution is 2.25. The fraction of sp³-hybridized carbons (Fsp3) is 0.786. The molecule has 0 radical (unpaired) electrons. The molecule has 3 rings (SSSR count). The zero-order valence-electron chi connectivity index (χ0n) is 12.8. The van der Waals surface area contributed by atoms with Gasteiger partial charge in [0.05, 0.1) is 0 Å². The smallest absolute Gasteiger partial charge is 0.191 e. The van der Waals surface area contributed by atoms with Crippen molar-refractivity contribution in [3.8, 4) is 0 Å². The normalized spacial score (nSPS) is 18.9. The number of guanidine groups is 1. The monoisotopic (exact) mass is 404 g/mol. The molecule has 0 aliphatic heterocycles. The fourth-order valence-electron chi connectivity index (χ4n) is 2.25. The van der Waals surface area contributed by atoms with E-state index in [0.29, 0.717) is 12.6 Å². The molecule has 118 valence electrons. The van der Waals surface area contributed by atoms with Crippen LogP contribution in [0.25, 0.3) is 0 Å². The minimum absolute atomic E-state index is 0. The molecule has 0 spiro atoms. The predicted octanol–water partition coefficient (Wildman–Crippen LogP) is 1.74. The van der Waals surface area contributed by atoms with Crippen LogP contribution in [0.1, 0.15) is 43.8 Å². The molecule has 1 aromatic rings. The van der Waals surface area contributed by atoms with E-state index < -0.39 is 0 Å². The molecule has 6 nitrogen and oxygen atoms in total. The van der Waals surface area contributed by atoms with E-state index in [9.17, 15) is 0 Å². The first kappa shape index (κ1) is 16.5. The van der Waals surface area contributed by atoms with Crippen molar-refractivity contribution >= 4 is 29.9 Å². The summed E-state index contributed by atoms with van der Waals surface area (Å²) in [6.07, 6.45) is 6.60. The van der Waals surface area contributed by atoms with Crippen LogP contribution in [0.3, 0.4) is 0 Å². The van der Waals surface area contributed by atoms with Gasteiger partial charge in [-0.25, -0.2) is 4.99 Å². The van der Waals surface area contributed by atoms with E-state index in [-0.39, 0.29) is 24.0 Å². The summed E-state index contributed by atoms with van der Waals surface area (Å²) >= 11 is 0. The zero-order valence-corrected chi connectivity index (χ0v) is 15.1. The second-order valence-corrected chi connectivity index (χ2v) is 5.98. The molecule has 1 aromatic heterocycles. The molecule has 0 aromatic carbocycles. The quantitative estimate of drug-likeness (QED) is 0.446. The third-order valence-electron chi connectivity index (χ3n) is 4.26. The summed E-state index contributed by atoms with van der Waals surface area (Å²) in [5, 5.41) is 15.2. The van der Waals surface area contributed by atoms with Gasteiger partial charge in [0.25, 0.3) is 0 Å². The van der Waals surface area contributed by atoms with Crippen LogP contribution in [-0.4, -0.2) is 33.3 Å². The molecule has 2 fully saturated rings. The largest absolute Gasteiger partial charge is 0.356 e. The number of aliphatic imine (C=N–C) groups is 1. The Morgan fingerprint density at radius 1 is 1.29 bits per heavy atom. The maximum absolute atomic E-state index is 4.65. The lowest BCUT2D eigenvalue weighted by molar-refractivity contribution is 0.314. The van der Waals surface area contributed by atoms with Gasteiger partial charge < -0.3 is 15.2 Å². The van der Waals surface area contributed by atoms with E-state index in [4.69, 9.17) is 0 Å². The number of aryl methyl sites for hydroxylation is 1. The Morgan fingerprint density at radius 3 is 2.57 bits per heavy atom. The topological polar surface area (TPSA) is 67.1 Å². The maximum Gasteiger partial charge on any atom is 0.191 e. The lowest BCUT2D eigenvalue weighted by atomic mass is 9.85. The van der Waals surface area contributed by atoms with Crippen LogP contribution in [0.2, 0.25) is 0 Å². The number of aromatic nitrogens is 3. The Kier molecular flexibility index (Phi) is 5.83. The zero-order chi connectivity index (χ0) is 13.9. The fourth-order valence-corrected chi connectivity index (χ4v) is 2.25. The van der Waals surface area contributed by atoms with Crippen molar-refractivity contribution in [2.75, 3.05) is 6.54 Å². The van der Waals surface area contributed by atoms with Crippen molar-refractivity contribution in [1.29, 1.82) is 0 Å². The number of nitrogens with zero attached hydrogens (tertiary/aromatic N) is 4. The van der Waals surface area contributed by atoms with Gasteiger partial charge in [-0.15, -0.1) is 34.2 Å². The number of rotatable bonds is 5. The molecular weight excluding hydrogens is 379 g/mol. The molecule has 0 atom stereocenters. The highest BCUT2D eigenvalue weighted by Gasteiger charge is 2.23. The molecule has 0 amide bonds. The molecule has 2 aliphatic carbocycles. The minimum atomic E-state index is 0. The summed E-state index contributed by atoms with van der Waals surface area (Å²) in [7, 11) is 1.98. The summed E-state index contributed by atoms with van der Waals surface area (Å²) in [6, 6.07) is 0.615. The van der Waals surface area contributed by atoms with Crippen LogP contribution in [0.15, 0.2) is 4.99 Å². The van der Waals surface area contributed by atoms with Crippen LogP contribution in [0, 0.1) is 12.8 Å². The molecule has 1 heterocycles. The second-order valence-electron chi connectivity index (χ2n) is 5.98. The highest BCUT2D eigenvalue weighted by molar-refractivity contribution is 14.0. The maximum atomic E-state index is 4.65. The molecule has 0 unspecified atom stereocenters. The van der Waals surface area contributed by atoms with Gasteiger partial charge in [0.15, 0.2) is 11.8 Å². The SMILES string of the molecule is Cc1nnc(CN=C(NCC2CCC2)NC2CC2)n1C.I. The Hall–Kier alpha value is -0.860. The van der Waals surface area contributed by atoms with Crippen LogP contribution in [-0.2, 0) is 13.6 Å². The molecule has 2 N–H and O–H groups in total. The molecule has 2 aliphatic rings. The number of nitrogens with one attached hydrogen (secondary N) is 2. The summed E-state index contributed by atoms with van der Waals surface area (Å²) < 4.78 is 1.99. The molecule has 2 saturated carbocycles. The van der Waals surface area contributed by atoms with Crippen LogP contribution in [0.4, 0.5) is 0 Å². The van der Waals surface area contributed by atoms with Crippen molar-refractivity contribution in [3.05, 3.63) is 11.6 Å². The highest BCUT2D eigenvalue weighted by atomic mass is 127. The summed E-state index contributed by atoms with van der Waals surface area (Å²) in [5.74, 6) is 3.59. The number of halogens is 1. The minimum Gasteiger partial charge on any atom is -0.356 e. The van der Waals surface area contributed by atoms with Crippen LogP contribution >= 0.6 is 24.0 Å². The second kappa shape index (κ2) is 7.42. The lowest BCUT2D eigenvalue weighted by Crippen LogP contribution is -2.42. The van der Waals surface area contributed by atoms with Crippen molar-refractivity contribution in [3.63, 3.8) is 0 Å². The first-order valence-corrected chi connectivity index (χ1v) is 7.62. The van der Waals surface area contributed by atoms with E-state index in [1.807, 2.05) is 18.5 Å². The molecule has 21 heavy (non-hydrogen) atoms. The van der Waals surface area contributed by atoms with Crippen molar-refractivity contribution in [1.82, 2.24) is 25.4 Å². The van der Waals surface area contributed by atoms with E-state index in [2.05, 4.69) is 25.8 Å².